The third-order valence-electron chi connectivity index (χ3n) is 2.99. The molecule has 1 atom stereocenters. The monoisotopic (exact) mass is 306 g/mol. The van der Waals surface area contributed by atoms with Crippen LogP contribution in [0.25, 0.3) is 0 Å². The molecule has 6 heteroatoms. The highest BCUT2D eigenvalue weighted by Gasteiger charge is 2.13. The van der Waals surface area contributed by atoms with Crippen LogP contribution < -0.4 is 10.9 Å². The van der Waals surface area contributed by atoms with E-state index in [4.69, 9.17) is 16.3 Å². The summed E-state index contributed by atoms with van der Waals surface area (Å²) in [6.45, 7) is 0.286. The number of ether oxygens (including phenoxy) is 1. The van der Waals surface area contributed by atoms with E-state index in [0.29, 0.717) is 5.02 Å². The molecule has 1 aromatic carbocycles. The number of rotatable bonds is 5. The number of benzene rings is 1. The molecule has 21 heavy (non-hydrogen) atoms. The lowest BCUT2D eigenvalue weighted by molar-refractivity contribution is 0.0824. The van der Waals surface area contributed by atoms with Gasteiger partial charge in [0.25, 0.3) is 5.91 Å². The van der Waals surface area contributed by atoms with Gasteiger partial charge in [-0.1, -0.05) is 29.8 Å². The van der Waals surface area contributed by atoms with Crippen LogP contribution >= 0.6 is 11.6 Å². The molecule has 0 radical (unpaired) electrons. The van der Waals surface area contributed by atoms with Crippen molar-refractivity contribution in [3.05, 3.63) is 69.1 Å². The number of amides is 1. The van der Waals surface area contributed by atoms with Crippen LogP contribution in [0.5, 0.6) is 0 Å². The van der Waals surface area contributed by atoms with Gasteiger partial charge in [-0.25, -0.2) is 0 Å². The summed E-state index contributed by atoms with van der Waals surface area (Å²) in [6.07, 6.45) is -0.290. The fraction of sp³-hybridized carbons (Fsp3) is 0.200. The normalized spacial score (nSPS) is 11.9. The van der Waals surface area contributed by atoms with Crippen molar-refractivity contribution in [1.29, 1.82) is 0 Å². The molecule has 1 aromatic heterocycles. The van der Waals surface area contributed by atoms with Gasteiger partial charge in [-0.15, -0.1) is 0 Å². The topological polar surface area (TPSA) is 71.2 Å². The Bertz CT molecular complexity index is 667. The van der Waals surface area contributed by atoms with Gasteiger partial charge in [0.1, 0.15) is 5.69 Å². The Labute approximate surface area is 126 Å². The maximum Gasteiger partial charge on any atom is 0.267 e. The largest absolute Gasteiger partial charge is 0.375 e. The zero-order chi connectivity index (χ0) is 15.2. The molecule has 2 rings (SSSR count). The molecule has 1 amide bonds. The third-order valence-corrected chi connectivity index (χ3v) is 3.24. The van der Waals surface area contributed by atoms with Gasteiger partial charge in [-0.2, -0.15) is 0 Å². The fourth-order valence-corrected chi connectivity index (χ4v) is 2.00. The summed E-state index contributed by atoms with van der Waals surface area (Å²) in [7, 11) is 1.57. The number of carbonyl (C=O) groups excluding carboxylic acids is 1. The zero-order valence-corrected chi connectivity index (χ0v) is 12.2. The second kappa shape index (κ2) is 7.06. The van der Waals surface area contributed by atoms with Gasteiger partial charge in [-0.3, -0.25) is 9.59 Å². The molecule has 0 aliphatic rings. The van der Waals surface area contributed by atoms with Crippen LogP contribution in [0.3, 0.4) is 0 Å². The van der Waals surface area contributed by atoms with E-state index in [-0.39, 0.29) is 29.8 Å². The molecule has 2 aromatic rings. The number of carbonyl (C=O) groups is 1. The van der Waals surface area contributed by atoms with E-state index in [2.05, 4.69) is 10.3 Å². The Morgan fingerprint density at radius 3 is 2.62 bits per heavy atom. The highest BCUT2D eigenvalue weighted by molar-refractivity contribution is 6.30. The average Bonchev–Trinajstić information content (AvgIpc) is 2.49. The molecule has 2 N–H and O–H groups in total. The Balaban J connectivity index is 2.01. The number of hydrogen-bond donors (Lipinski definition) is 2. The second-order valence-electron chi connectivity index (χ2n) is 4.41. The van der Waals surface area contributed by atoms with Crippen molar-refractivity contribution in [1.82, 2.24) is 10.3 Å². The van der Waals surface area contributed by atoms with Crippen LogP contribution in [0.4, 0.5) is 0 Å². The Morgan fingerprint density at radius 2 is 2.00 bits per heavy atom. The van der Waals surface area contributed by atoms with Gasteiger partial charge >= 0.3 is 0 Å². The lowest BCUT2D eigenvalue weighted by atomic mass is 10.1. The van der Waals surface area contributed by atoms with Gasteiger partial charge in [0.15, 0.2) is 0 Å². The van der Waals surface area contributed by atoms with Crippen molar-refractivity contribution in [3.8, 4) is 0 Å². The zero-order valence-electron chi connectivity index (χ0n) is 11.4. The predicted octanol–water partition coefficient (Wildman–Crippen LogP) is 2.15. The second-order valence-corrected chi connectivity index (χ2v) is 4.85. The molecule has 5 nitrogen and oxygen atoms in total. The summed E-state index contributed by atoms with van der Waals surface area (Å²) >= 11 is 5.84. The predicted molar refractivity (Wildman–Crippen MR) is 80.6 cm³/mol. The Hall–Kier alpha value is -2.11. The number of halogens is 1. The number of hydrogen-bond acceptors (Lipinski definition) is 3. The van der Waals surface area contributed by atoms with E-state index in [1.807, 2.05) is 12.1 Å². The van der Waals surface area contributed by atoms with Gasteiger partial charge in [-0.05, 0) is 23.8 Å². The minimum Gasteiger partial charge on any atom is -0.375 e. The van der Waals surface area contributed by atoms with Crippen molar-refractivity contribution < 1.29 is 9.53 Å². The number of aromatic nitrogens is 1. The van der Waals surface area contributed by atoms with Gasteiger partial charge in [0.2, 0.25) is 5.56 Å². The molecule has 0 saturated heterocycles. The summed E-state index contributed by atoms with van der Waals surface area (Å²) in [5.74, 6) is -0.358. The van der Waals surface area contributed by atoms with E-state index in [1.54, 1.807) is 25.3 Å². The number of methoxy groups -OCH3 is 1. The maximum absolute atomic E-state index is 11.9. The van der Waals surface area contributed by atoms with Crippen LogP contribution in [0, 0.1) is 0 Å². The minimum atomic E-state index is -0.358. The molecule has 0 aliphatic carbocycles. The fourth-order valence-electron chi connectivity index (χ4n) is 1.88. The summed E-state index contributed by atoms with van der Waals surface area (Å²) in [4.78, 5) is 25.6. The van der Waals surface area contributed by atoms with E-state index >= 15 is 0 Å². The van der Waals surface area contributed by atoms with Crippen LogP contribution in [0.2, 0.25) is 5.02 Å². The molecule has 0 saturated carbocycles. The first-order valence-corrected chi connectivity index (χ1v) is 6.74. The smallest absolute Gasteiger partial charge is 0.267 e. The van der Waals surface area contributed by atoms with E-state index in [9.17, 15) is 9.59 Å². The standard InChI is InChI=1S/C15H15ClN2O3/c1-21-13(10-5-7-11(16)8-6-10)9-17-15(20)12-3-2-4-14(19)18-12/h2-8,13H,9H2,1H3,(H,17,20)(H,18,19). The first-order chi connectivity index (χ1) is 10.1. The quantitative estimate of drug-likeness (QED) is 0.889. The first-order valence-electron chi connectivity index (χ1n) is 6.36. The lowest BCUT2D eigenvalue weighted by Gasteiger charge is -2.16. The molecule has 110 valence electrons. The molecule has 0 fully saturated rings. The van der Waals surface area contributed by atoms with Crippen molar-refractivity contribution in [2.45, 2.75) is 6.10 Å². The van der Waals surface area contributed by atoms with Gasteiger partial charge in [0.05, 0.1) is 6.10 Å². The van der Waals surface area contributed by atoms with Gasteiger partial charge in [0, 0.05) is 24.7 Å². The molecule has 0 aliphatic heterocycles. The third kappa shape index (κ3) is 4.18. The highest BCUT2D eigenvalue weighted by Crippen LogP contribution is 2.18. The molecular weight excluding hydrogens is 292 g/mol. The Kier molecular flexibility index (Phi) is 5.14. The lowest BCUT2D eigenvalue weighted by Crippen LogP contribution is -2.30. The summed E-state index contributed by atoms with van der Waals surface area (Å²) in [5, 5.41) is 3.36. The average molecular weight is 307 g/mol. The Morgan fingerprint density at radius 1 is 1.29 bits per heavy atom. The van der Waals surface area contributed by atoms with Crippen LogP contribution in [0.1, 0.15) is 22.2 Å². The van der Waals surface area contributed by atoms with Crippen LogP contribution in [0.15, 0.2) is 47.3 Å². The van der Waals surface area contributed by atoms with Crippen LogP contribution in [-0.4, -0.2) is 24.5 Å². The number of aromatic amines is 1. The highest BCUT2D eigenvalue weighted by atomic mass is 35.5. The van der Waals surface area contributed by atoms with Crippen molar-refractivity contribution in [2.75, 3.05) is 13.7 Å². The summed E-state index contributed by atoms with van der Waals surface area (Å²) in [6, 6.07) is 11.6. The minimum absolute atomic E-state index is 0.216. The van der Waals surface area contributed by atoms with E-state index < -0.39 is 0 Å². The van der Waals surface area contributed by atoms with Crippen LogP contribution in [-0.2, 0) is 4.74 Å². The van der Waals surface area contributed by atoms with Crippen molar-refractivity contribution in [3.63, 3.8) is 0 Å². The summed E-state index contributed by atoms with van der Waals surface area (Å²) in [5.41, 5.74) is 0.806. The van der Waals surface area contributed by atoms with E-state index in [1.165, 1.54) is 12.1 Å². The van der Waals surface area contributed by atoms with Crippen molar-refractivity contribution in [2.24, 2.45) is 0 Å². The van der Waals surface area contributed by atoms with E-state index in [0.717, 1.165) is 5.56 Å². The molecule has 1 heterocycles. The molecule has 0 spiro atoms. The molecular formula is C15H15ClN2O3. The van der Waals surface area contributed by atoms with Gasteiger partial charge < -0.3 is 15.0 Å². The number of nitrogens with one attached hydrogen (secondary N) is 2. The number of pyridine rings is 1. The molecule has 0 bridgehead atoms. The SMILES string of the molecule is COC(CNC(=O)c1cccc(=O)[nH]1)c1ccc(Cl)cc1. The van der Waals surface area contributed by atoms with Crippen molar-refractivity contribution >= 4 is 17.5 Å². The number of H-pyrrole nitrogens is 1. The summed E-state index contributed by atoms with van der Waals surface area (Å²) < 4.78 is 5.36. The molecule has 1 unspecified atom stereocenters. The maximum atomic E-state index is 11.9. The first kappa shape index (κ1) is 15.3.